The van der Waals surface area contributed by atoms with Gasteiger partial charge in [-0.15, -0.1) is 0 Å². The number of nitrogens with zero attached hydrogens (tertiary/aromatic N) is 7. The number of hydrogen-bond acceptors (Lipinski definition) is 12. The Kier molecular flexibility index (Phi) is 20.3. The first-order chi connectivity index (χ1) is 37.6. The monoisotopic (exact) mass is 1220 g/mol. The van der Waals surface area contributed by atoms with Crippen LogP contribution in [-0.2, 0) is 14.3 Å². The molecule has 22 heteroatoms. The average molecular weight is 1220 g/mol. The molecule has 0 bridgehead atoms. The second-order valence-corrected chi connectivity index (χ2v) is 22.9. The molecule has 7 aromatic rings. The van der Waals surface area contributed by atoms with Crippen LogP contribution in [0.2, 0.25) is 0 Å². The Balaban J connectivity index is 0.000000184. The second kappa shape index (κ2) is 26.8. The molecule has 3 N–H and O–H groups in total. The van der Waals surface area contributed by atoms with Gasteiger partial charge in [0.1, 0.15) is 64.1 Å². The lowest BCUT2D eigenvalue weighted by molar-refractivity contribution is -0.134. The highest BCUT2D eigenvalue weighted by Gasteiger charge is 2.39. The number of carbonyl (C=O) groups is 4. The molecule has 0 saturated carbocycles. The Morgan fingerprint density at radius 3 is 1.67 bits per heavy atom. The third-order valence-electron chi connectivity index (χ3n) is 12.7. The highest BCUT2D eigenvalue weighted by atomic mass is 79.9. The first kappa shape index (κ1) is 59.7. The molecule has 2 aliphatic heterocycles. The summed E-state index contributed by atoms with van der Waals surface area (Å²) in [6.45, 7) is 14.1. The van der Waals surface area contributed by atoms with Gasteiger partial charge in [-0.05, 0) is 154 Å². The Bertz CT molecular complexity index is 3210. The summed E-state index contributed by atoms with van der Waals surface area (Å²) in [5.74, 6) is -0.0791. The average Bonchev–Trinajstić information content (AvgIpc) is 4.37. The first-order valence-corrected chi connectivity index (χ1v) is 27.7. The van der Waals surface area contributed by atoms with Crippen LogP contribution in [0.3, 0.4) is 0 Å². The minimum Gasteiger partial charge on any atom is -0.493 e. The van der Waals surface area contributed by atoms with E-state index in [4.69, 9.17) is 18.9 Å². The Hall–Kier alpha value is -6.91. The quantitative estimate of drug-likeness (QED) is 0.0871. The van der Waals surface area contributed by atoms with Crippen molar-refractivity contribution in [3.8, 4) is 34.0 Å². The number of likely N-dealkylation sites (tertiary alicyclic amines) is 2. The summed E-state index contributed by atoms with van der Waals surface area (Å²) < 4.78 is 54.7. The maximum absolute atomic E-state index is 14.9. The van der Waals surface area contributed by atoms with Gasteiger partial charge in [0.05, 0.1) is 24.2 Å². The summed E-state index contributed by atoms with van der Waals surface area (Å²) in [5, 5.41) is 19.1. The van der Waals surface area contributed by atoms with E-state index in [2.05, 4.69) is 62.6 Å². The van der Waals surface area contributed by atoms with E-state index in [0.29, 0.717) is 86.1 Å². The first-order valence-electron chi connectivity index (χ1n) is 26.1. The summed E-state index contributed by atoms with van der Waals surface area (Å²) in [6.07, 6.45) is 7.99. The molecule has 9 rings (SSSR count). The molecule has 2 saturated heterocycles. The van der Waals surface area contributed by atoms with Gasteiger partial charge in [0, 0.05) is 82.1 Å². The van der Waals surface area contributed by atoms with Crippen LogP contribution < -0.4 is 14.8 Å². The number of carbonyl (C=O) groups excluding carboxylic acids is 4. The molecule has 0 spiro atoms. The van der Waals surface area contributed by atoms with Crippen molar-refractivity contribution in [3.05, 3.63) is 112 Å². The summed E-state index contributed by atoms with van der Waals surface area (Å²) in [5.41, 5.74) is 2.50. The van der Waals surface area contributed by atoms with E-state index < -0.39 is 41.3 Å². The third kappa shape index (κ3) is 16.1. The van der Waals surface area contributed by atoms with Gasteiger partial charge < -0.3 is 29.2 Å². The summed E-state index contributed by atoms with van der Waals surface area (Å²) >= 11 is 6.84. The lowest BCUT2D eigenvalue weighted by atomic mass is 10.1. The number of likely N-dealkylation sites (N-methyl/N-ethyl adjacent to an activating group) is 1. The van der Waals surface area contributed by atoms with E-state index in [0.717, 1.165) is 56.6 Å². The van der Waals surface area contributed by atoms with Gasteiger partial charge in [-0.1, -0.05) is 31.9 Å². The van der Waals surface area contributed by atoms with Crippen LogP contribution in [0.4, 0.5) is 18.4 Å². The van der Waals surface area contributed by atoms with Gasteiger partial charge in [-0.3, -0.25) is 34.2 Å². The molecule has 0 aliphatic carbocycles. The Labute approximate surface area is 475 Å². The number of ether oxygens (including phenoxy) is 4. The topological polar surface area (TPSA) is 202 Å². The molecule has 18 nitrogen and oxygen atoms in total. The number of aromatic amines is 2. The van der Waals surface area contributed by atoms with Crippen LogP contribution in [0, 0.1) is 11.6 Å². The van der Waals surface area contributed by atoms with Crippen molar-refractivity contribution >= 4 is 77.7 Å². The number of H-pyrrole nitrogens is 2. The van der Waals surface area contributed by atoms with Crippen LogP contribution in [0.25, 0.3) is 44.3 Å². The Morgan fingerprint density at radius 1 is 0.709 bits per heavy atom. The predicted molar refractivity (Wildman–Crippen MR) is 305 cm³/mol. The lowest BCUT2D eigenvalue weighted by Gasteiger charge is -2.30. The number of imidazole rings is 1. The number of hydrogen-bond donors (Lipinski definition) is 3. The lowest BCUT2D eigenvalue weighted by Crippen LogP contribution is -2.48. The number of halogens is 4. The molecular formula is C57H68Br2F2N10O8. The summed E-state index contributed by atoms with van der Waals surface area (Å²) in [4.78, 5) is 58.3. The fourth-order valence-electron chi connectivity index (χ4n) is 8.93. The molecule has 5 heterocycles. The number of aromatic nitrogens is 6. The van der Waals surface area contributed by atoms with E-state index in [1.165, 1.54) is 32.8 Å². The maximum atomic E-state index is 14.9. The normalized spacial score (nSPS) is 15.3. The predicted octanol–water partition coefficient (Wildman–Crippen LogP) is 11.8. The van der Waals surface area contributed by atoms with Crippen LogP contribution in [0.5, 0.6) is 11.5 Å². The zero-order chi connectivity index (χ0) is 57.0. The molecule has 3 aromatic heterocycles. The van der Waals surface area contributed by atoms with Gasteiger partial charge in [-0.25, -0.2) is 23.4 Å². The van der Waals surface area contributed by atoms with Gasteiger partial charge in [-0.2, -0.15) is 10.2 Å². The molecule has 2 aliphatic rings. The van der Waals surface area contributed by atoms with Crippen LogP contribution in [-0.4, -0.2) is 145 Å². The smallest absolute Gasteiger partial charge is 0.410 e. The van der Waals surface area contributed by atoms with Gasteiger partial charge in [0.2, 0.25) is 5.91 Å². The number of fused-ring (bicyclic) bond motifs is 2. The summed E-state index contributed by atoms with van der Waals surface area (Å²) in [7, 11) is 3.61. The standard InChI is InChI=1S/C27H32BrFN4O4.C17H17BrFN3O.C13H19N3O3/c1-27(2,3)37-26(35)33-13-5-7-23(33)25(34)32(4)12-6-14-36-18-9-11-19(21(29)16-18)24-20-10-8-17(28)15-22(20)30-31-24;1-20-7-2-8-23-12-4-6-13(15(19)10-12)17-14-5-3-11(18)9-16(14)21-22-17;1-13(2,3)19-12(18)16-7-4-5-10(16)11(17)15-8-6-14-9-15/h8-11,15-16,23H,5-7,12-14H2,1-4H3,(H,30,31);3-6,9-10,20H,2,7-8H2,1H3,(H,21,22);6,8-10H,4-5,7H2,1-3H3/t23-;;10-/m0.0/s1. The van der Waals surface area contributed by atoms with Crippen molar-refractivity contribution < 1.29 is 46.9 Å². The van der Waals surface area contributed by atoms with Crippen molar-refractivity contribution in [3.63, 3.8) is 0 Å². The number of rotatable bonds is 14. The van der Waals surface area contributed by atoms with Crippen molar-refractivity contribution in [2.24, 2.45) is 0 Å². The maximum Gasteiger partial charge on any atom is 0.410 e. The fraction of sp³-hybridized carbons (Fsp3) is 0.421. The van der Waals surface area contributed by atoms with E-state index in [9.17, 15) is 28.0 Å². The van der Waals surface area contributed by atoms with Crippen LogP contribution >= 0.6 is 31.9 Å². The molecule has 0 radical (unpaired) electrons. The number of nitrogens with one attached hydrogen (secondary N) is 3. The number of benzene rings is 4. The van der Waals surface area contributed by atoms with Gasteiger partial charge in [0.25, 0.3) is 5.91 Å². The molecular weight excluding hydrogens is 1150 g/mol. The van der Waals surface area contributed by atoms with Crippen molar-refractivity contribution in [1.29, 1.82) is 0 Å². The SMILES string of the molecule is CC(C)(C)OC(=O)N1CCC[C@H]1C(=O)n1ccnc1.CN(CCCOc1ccc(-c2n[nH]c3cc(Br)ccc23)c(F)c1)C(=O)[C@@H]1CCCN1C(=O)OC(C)(C)C.CNCCCOc1ccc(-c2n[nH]c3cc(Br)ccc23)c(F)c1. The molecule has 3 amide bonds. The van der Waals surface area contributed by atoms with E-state index >= 15 is 0 Å². The zero-order valence-electron chi connectivity index (χ0n) is 45.7. The molecule has 2 atom stereocenters. The zero-order valence-corrected chi connectivity index (χ0v) is 48.9. The van der Waals surface area contributed by atoms with Gasteiger partial charge in [0.15, 0.2) is 0 Å². The van der Waals surface area contributed by atoms with E-state index in [1.54, 1.807) is 48.6 Å². The molecule has 2 fully saturated rings. The van der Waals surface area contributed by atoms with Crippen molar-refractivity contribution in [1.82, 2.24) is 50.0 Å². The largest absolute Gasteiger partial charge is 0.493 e. The molecule has 4 aromatic carbocycles. The van der Waals surface area contributed by atoms with Crippen molar-refractivity contribution in [2.75, 3.05) is 53.5 Å². The molecule has 422 valence electrons. The fourth-order valence-corrected chi connectivity index (χ4v) is 9.65. The van der Waals surface area contributed by atoms with Crippen molar-refractivity contribution in [2.45, 2.75) is 103 Å². The van der Waals surface area contributed by atoms with Crippen LogP contribution in [0.15, 0.2) is 100 Å². The summed E-state index contributed by atoms with van der Waals surface area (Å²) in [6, 6.07) is 20.1. The highest BCUT2D eigenvalue weighted by molar-refractivity contribution is 9.10. The minimum atomic E-state index is -0.614. The number of amides is 3. The molecule has 0 unspecified atom stereocenters. The highest BCUT2D eigenvalue weighted by Crippen LogP contribution is 2.34. The minimum absolute atomic E-state index is 0.114. The van der Waals surface area contributed by atoms with Gasteiger partial charge >= 0.3 is 12.2 Å². The van der Waals surface area contributed by atoms with E-state index in [1.807, 2.05) is 85.0 Å². The molecule has 79 heavy (non-hydrogen) atoms. The Morgan fingerprint density at radius 2 is 1.20 bits per heavy atom. The second-order valence-electron chi connectivity index (χ2n) is 21.0. The van der Waals surface area contributed by atoms with Crippen LogP contribution in [0.1, 0.15) is 84.9 Å². The third-order valence-corrected chi connectivity index (χ3v) is 13.6. The van der Waals surface area contributed by atoms with E-state index in [-0.39, 0.29) is 17.6 Å².